The third-order valence-electron chi connectivity index (χ3n) is 3.98. The Kier molecular flexibility index (Phi) is 4.58. The third-order valence-corrected chi connectivity index (χ3v) is 3.98. The summed E-state index contributed by atoms with van der Waals surface area (Å²) < 4.78 is 0. The molecule has 2 aromatic rings. The summed E-state index contributed by atoms with van der Waals surface area (Å²) in [5.74, 6) is 0. The highest BCUT2D eigenvalue weighted by Crippen LogP contribution is 2.10. The molecule has 3 heterocycles. The fraction of sp³-hybridized carbons (Fsp3) is 0.412. The van der Waals surface area contributed by atoms with Crippen LogP contribution in [0.4, 0.5) is 0 Å². The highest BCUT2D eigenvalue weighted by molar-refractivity contribution is 5.12. The Morgan fingerprint density at radius 2 is 1.57 bits per heavy atom. The number of piperazine rings is 1. The van der Waals surface area contributed by atoms with Crippen LogP contribution in [-0.2, 0) is 13.1 Å². The summed E-state index contributed by atoms with van der Waals surface area (Å²) in [6.07, 6.45) is 5.69. The average Bonchev–Trinajstić information content (AvgIpc) is 2.53. The van der Waals surface area contributed by atoms with E-state index in [2.05, 4.69) is 51.0 Å². The van der Waals surface area contributed by atoms with Crippen molar-refractivity contribution in [2.45, 2.75) is 20.0 Å². The van der Waals surface area contributed by atoms with Crippen molar-refractivity contribution >= 4 is 0 Å². The van der Waals surface area contributed by atoms with Crippen molar-refractivity contribution in [3.05, 3.63) is 59.7 Å². The van der Waals surface area contributed by atoms with Gasteiger partial charge in [-0.15, -0.1) is 0 Å². The van der Waals surface area contributed by atoms with E-state index in [1.165, 1.54) is 16.8 Å². The Balaban J connectivity index is 1.47. The van der Waals surface area contributed by atoms with Gasteiger partial charge in [-0.1, -0.05) is 6.07 Å². The van der Waals surface area contributed by atoms with E-state index in [1.807, 2.05) is 18.6 Å². The van der Waals surface area contributed by atoms with E-state index in [-0.39, 0.29) is 0 Å². The first-order valence-electron chi connectivity index (χ1n) is 7.55. The maximum Gasteiger partial charge on any atom is 0.0544 e. The SMILES string of the molecule is Cc1ccc(CN2CCN(Cc3ccncc3)CC2)nc1. The van der Waals surface area contributed by atoms with Crippen molar-refractivity contribution < 1.29 is 0 Å². The molecule has 4 nitrogen and oxygen atoms in total. The Labute approximate surface area is 126 Å². The number of aromatic nitrogens is 2. The zero-order valence-electron chi connectivity index (χ0n) is 12.6. The summed E-state index contributed by atoms with van der Waals surface area (Å²) in [6.45, 7) is 8.53. The molecule has 0 bridgehead atoms. The quantitative estimate of drug-likeness (QED) is 0.859. The molecular weight excluding hydrogens is 260 g/mol. The number of aryl methyl sites for hydroxylation is 1. The van der Waals surface area contributed by atoms with Crippen LogP contribution in [0, 0.1) is 6.92 Å². The second-order valence-electron chi connectivity index (χ2n) is 5.73. The highest BCUT2D eigenvalue weighted by Gasteiger charge is 2.17. The number of hydrogen-bond donors (Lipinski definition) is 0. The summed E-state index contributed by atoms with van der Waals surface area (Å²) in [7, 11) is 0. The molecule has 0 atom stereocenters. The van der Waals surface area contributed by atoms with E-state index in [9.17, 15) is 0 Å². The minimum absolute atomic E-state index is 0.962. The van der Waals surface area contributed by atoms with Gasteiger partial charge < -0.3 is 0 Å². The molecule has 21 heavy (non-hydrogen) atoms. The Hall–Kier alpha value is -1.78. The molecule has 2 aromatic heterocycles. The van der Waals surface area contributed by atoms with Gasteiger partial charge in [0.25, 0.3) is 0 Å². The molecule has 1 aliphatic heterocycles. The Morgan fingerprint density at radius 3 is 2.19 bits per heavy atom. The van der Waals surface area contributed by atoms with Gasteiger partial charge in [0.05, 0.1) is 5.69 Å². The molecule has 0 unspecified atom stereocenters. The summed E-state index contributed by atoms with van der Waals surface area (Å²) in [5.41, 5.74) is 3.74. The van der Waals surface area contributed by atoms with Gasteiger partial charge in [-0.25, -0.2) is 0 Å². The van der Waals surface area contributed by atoms with Gasteiger partial charge in [-0.3, -0.25) is 19.8 Å². The van der Waals surface area contributed by atoms with Crippen molar-refractivity contribution in [1.82, 2.24) is 19.8 Å². The lowest BCUT2D eigenvalue weighted by Crippen LogP contribution is -2.45. The molecule has 3 rings (SSSR count). The second-order valence-corrected chi connectivity index (χ2v) is 5.73. The minimum Gasteiger partial charge on any atom is -0.297 e. The van der Waals surface area contributed by atoms with E-state index >= 15 is 0 Å². The van der Waals surface area contributed by atoms with Crippen LogP contribution in [0.1, 0.15) is 16.8 Å². The molecule has 0 aliphatic carbocycles. The van der Waals surface area contributed by atoms with Crippen molar-refractivity contribution in [2.24, 2.45) is 0 Å². The highest BCUT2D eigenvalue weighted by atomic mass is 15.3. The first kappa shape index (κ1) is 14.2. The fourth-order valence-corrected chi connectivity index (χ4v) is 2.67. The van der Waals surface area contributed by atoms with Gasteiger partial charge in [-0.2, -0.15) is 0 Å². The first-order chi connectivity index (χ1) is 10.3. The minimum atomic E-state index is 0.962. The van der Waals surface area contributed by atoms with E-state index in [0.717, 1.165) is 39.3 Å². The standard InChI is InChI=1S/C17H22N4/c1-15-2-3-17(19-12-15)14-21-10-8-20(9-11-21)13-16-4-6-18-7-5-16/h2-7,12H,8-11,13-14H2,1H3. The smallest absolute Gasteiger partial charge is 0.0544 e. The summed E-state index contributed by atoms with van der Waals surface area (Å²) in [4.78, 5) is 13.6. The summed E-state index contributed by atoms with van der Waals surface area (Å²) in [5, 5.41) is 0. The molecule has 1 fully saturated rings. The molecule has 0 aromatic carbocycles. The normalized spacial score (nSPS) is 17.0. The van der Waals surface area contributed by atoms with Gasteiger partial charge >= 0.3 is 0 Å². The van der Waals surface area contributed by atoms with Crippen LogP contribution in [0.25, 0.3) is 0 Å². The average molecular weight is 282 g/mol. The molecule has 1 aliphatic rings. The first-order valence-corrected chi connectivity index (χ1v) is 7.55. The predicted molar refractivity (Wildman–Crippen MR) is 83.8 cm³/mol. The van der Waals surface area contributed by atoms with E-state index in [4.69, 9.17) is 0 Å². The number of nitrogens with zero attached hydrogens (tertiary/aromatic N) is 4. The van der Waals surface area contributed by atoms with Crippen LogP contribution in [0.5, 0.6) is 0 Å². The van der Waals surface area contributed by atoms with Crippen LogP contribution < -0.4 is 0 Å². The fourth-order valence-electron chi connectivity index (χ4n) is 2.67. The van der Waals surface area contributed by atoms with Gasteiger partial charge in [0, 0.05) is 57.9 Å². The van der Waals surface area contributed by atoms with Crippen LogP contribution in [-0.4, -0.2) is 45.9 Å². The molecule has 0 radical (unpaired) electrons. The lowest BCUT2D eigenvalue weighted by molar-refractivity contribution is 0.121. The van der Waals surface area contributed by atoms with Crippen molar-refractivity contribution in [1.29, 1.82) is 0 Å². The molecule has 0 amide bonds. The third kappa shape index (κ3) is 4.09. The Bertz CT molecular complexity index is 545. The van der Waals surface area contributed by atoms with Crippen molar-refractivity contribution in [3.8, 4) is 0 Å². The Morgan fingerprint density at radius 1 is 0.905 bits per heavy atom. The van der Waals surface area contributed by atoms with Crippen LogP contribution >= 0.6 is 0 Å². The molecule has 4 heteroatoms. The lowest BCUT2D eigenvalue weighted by atomic mass is 10.2. The lowest BCUT2D eigenvalue weighted by Gasteiger charge is -2.34. The van der Waals surface area contributed by atoms with Crippen LogP contribution in [0.3, 0.4) is 0 Å². The largest absolute Gasteiger partial charge is 0.297 e. The molecule has 0 spiro atoms. The van der Waals surface area contributed by atoms with E-state index in [1.54, 1.807) is 0 Å². The molecule has 1 saturated heterocycles. The zero-order valence-corrected chi connectivity index (χ0v) is 12.6. The maximum absolute atomic E-state index is 4.50. The second kappa shape index (κ2) is 6.78. The number of rotatable bonds is 4. The number of pyridine rings is 2. The summed E-state index contributed by atoms with van der Waals surface area (Å²) >= 11 is 0. The van der Waals surface area contributed by atoms with Gasteiger partial charge in [0.15, 0.2) is 0 Å². The number of hydrogen-bond acceptors (Lipinski definition) is 4. The van der Waals surface area contributed by atoms with Crippen molar-refractivity contribution in [2.75, 3.05) is 26.2 Å². The van der Waals surface area contributed by atoms with Gasteiger partial charge in [0.1, 0.15) is 0 Å². The van der Waals surface area contributed by atoms with E-state index in [0.29, 0.717) is 0 Å². The van der Waals surface area contributed by atoms with Crippen LogP contribution in [0.15, 0.2) is 42.9 Å². The molecule has 0 N–H and O–H groups in total. The topological polar surface area (TPSA) is 32.3 Å². The maximum atomic E-state index is 4.50. The molecule has 0 saturated carbocycles. The van der Waals surface area contributed by atoms with Crippen molar-refractivity contribution in [3.63, 3.8) is 0 Å². The van der Waals surface area contributed by atoms with Crippen LogP contribution in [0.2, 0.25) is 0 Å². The van der Waals surface area contributed by atoms with E-state index < -0.39 is 0 Å². The summed E-state index contributed by atoms with van der Waals surface area (Å²) in [6, 6.07) is 8.48. The predicted octanol–water partition coefficient (Wildman–Crippen LogP) is 2.10. The molecule has 110 valence electrons. The molecular formula is C17H22N4. The zero-order chi connectivity index (χ0) is 14.5. The monoisotopic (exact) mass is 282 g/mol. The van der Waals surface area contributed by atoms with Gasteiger partial charge in [0.2, 0.25) is 0 Å². The van der Waals surface area contributed by atoms with Gasteiger partial charge in [-0.05, 0) is 36.2 Å².